The Morgan fingerprint density at radius 3 is 2.85 bits per heavy atom. The minimum atomic E-state index is 0.129. The lowest BCUT2D eigenvalue weighted by atomic mass is 10.1. The number of halogens is 1. The van der Waals surface area contributed by atoms with E-state index in [0.717, 1.165) is 27.6 Å². The maximum atomic E-state index is 5.96. The molecule has 3 rings (SSSR count). The van der Waals surface area contributed by atoms with Crippen LogP contribution >= 0.6 is 15.9 Å². The Hall–Kier alpha value is -1.65. The van der Waals surface area contributed by atoms with Crippen molar-refractivity contribution in [2.24, 2.45) is 5.73 Å². The fourth-order valence-electron chi connectivity index (χ4n) is 2.43. The molecular formula is C16H16BrN3. The lowest BCUT2D eigenvalue weighted by Crippen LogP contribution is -2.18. The molecule has 102 valence electrons. The maximum absolute atomic E-state index is 5.96. The molecular weight excluding hydrogens is 314 g/mol. The third kappa shape index (κ3) is 2.49. The predicted octanol–water partition coefficient (Wildman–Crippen LogP) is 3.68. The highest BCUT2D eigenvalue weighted by Gasteiger charge is 2.10. The van der Waals surface area contributed by atoms with Gasteiger partial charge in [0.15, 0.2) is 0 Å². The predicted molar refractivity (Wildman–Crippen MR) is 86.1 cm³/mol. The van der Waals surface area contributed by atoms with E-state index in [1.807, 2.05) is 31.5 Å². The molecule has 20 heavy (non-hydrogen) atoms. The van der Waals surface area contributed by atoms with Crippen LogP contribution in [0.4, 0.5) is 0 Å². The second kappa shape index (κ2) is 5.38. The van der Waals surface area contributed by atoms with Crippen molar-refractivity contribution in [3.8, 4) is 5.69 Å². The first-order valence-corrected chi connectivity index (χ1v) is 7.41. The van der Waals surface area contributed by atoms with Crippen LogP contribution in [-0.4, -0.2) is 15.6 Å². The number of nitrogens with two attached hydrogens (primary N) is 1. The molecule has 2 aromatic carbocycles. The number of para-hydroxylation sites is 2. The number of hydrogen-bond acceptors (Lipinski definition) is 2. The molecule has 0 spiro atoms. The monoisotopic (exact) mass is 329 g/mol. The molecule has 1 atom stereocenters. The van der Waals surface area contributed by atoms with Crippen molar-refractivity contribution < 1.29 is 0 Å². The molecule has 1 heterocycles. The van der Waals surface area contributed by atoms with E-state index in [2.05, 4.69) is 49.7 Å². The van der Waals surface area contributed by atoms with Crippen molar-refractivity contribution in [1.82, 2.24) is 9.55 Å². The van der Waals surface area contributed by atoms with Gasteiger partial charge >= 0.3 is 0 Å². The summed E-state index contributed by atoms with van der Waals surface area (Å²) in [6.07, 6.45) is 2.71. The van der Waals surface area contributed by atoms with Crippen LogP contribution in [0, 0.1) is 0 Å². The topological polar surface area (TPSA) is 43.8 Å². The standard InChI is InChI=1S/C16H16BrN3/c1-11(18)8-12-6-7-13(17)9-16(12)20-10-19-14-4-2-3-5-15(14)20/h2-7,9-11H,8,18H2,1H3. The van der Waals surface area contributed by atoms with Gasteiger partial charge in [0.2, 0.25) is 0 Å². The molecule has 0 amide bonds. The van der Waals surface area contributed by atoms with Gasteiger partial charge in [0.05, 0.1) is 16.7 Å². The summed E-state index contributed by atoms with van der Waals surface area (Å²) in [6.45, 7) is 2.03. The maximum Gasteiger partial charge on any atom is 0.100 e. The number of hydrogen-bond donors (Lipinski definition) is 1. The van der Waals surface area contributed by atoms with E-state index in [1.165, 1.54) is 5.56 Å². The lowest BCUT2D eigenvalue weighted by Gasteiger charge is -2.13. The number of benzene rings is 2. The van der Waals surface area contributed by atoms with E-state index in [1.54, 1.807) is 0 Å². The van der Waals surface area contributed by atoms with Gasteiger partial charge in [0, 0.05) is 10.5 Å². The SMILES string of the molecule is CC(N)Cc1ccc(Br)cc1-n1cnc2ccccc21. The van der Waals surface area contributed by atoms with Crippen LogP contribution in [0.3, 0.4) is 0 Å². The first-order chi connectivity index (χ1) is 9.65. The number of imidazole rings is 1. The zero-order valence-corrected chi connectivity index (χ0v) is 12.8. The van der Waals surface area contributed by atoms with Crippen molar-refractivity contribution >= 4 is 27.0 Å². The molecule has 0 aliphatic heterocycles. The Labute approximate surface area is 126 Å². The number of aromatic nitrogens is 2. The molecule has 0 saturated heterocycles. The minimum Gasteiger partial charge on any atom is -0.328 e. The van der Waals surface area contributed by atoms with Crippen LogP contribution in [0.15, 0.2) is 53.3 Å². The van der Waals surface area contributed by atoms with Crippen LogP contribution in [0.2, 0.25) is 0 Å². The van der Waals surface area contributed by atoms with Crippen molar-refractivity contribution in [2.75, 3.05) is 0 Å². The molecule has 3 aromatic rings. The van der Waals surface area contributed by atoms with Crippen LogP contribution in [0.1, 0.15) is 12.5 Å². The Morgan fingerprint density at radius 2 is 2.05 bits per heavy atom. The Morgan fingerprint density at radius 1 is 1.25 bits per heavy atom. The molecule has 3 nitrogen and oxygen atoms in total. The second-order valence-electron chi connectivity index (χ2n) is 5.06. The van der Waals surface area contributed by atoms with E-state index in [9.17, 15) is 0 Å². The van der Waals surface area contributed by atoms with Crippen molar-refractivity contribution in [3.05, 3.63) is 58.8 Å². The van der Waals surface area contributed by atoms with Crippen LogP contribution in [0.5, 0.6) is 0 Å². The van der Waals surface area contributed by atoms with Gasteiger partial charge in [-0.3, -0.25) is 4.57 Å². The van der Waals surface area contributed by atoms with E-state index in [-0.39, 0.29) is 6.04 Å². The van der Waals surface area contributed by atoms with E-state index in [0.29, 0.717) is 0 Å². The summed E-state index contributed by atoms with van der Waals surface area (Å²) in [5.74, 6) is 0. The first kappa shape index (κ1) is 13.3. The van der Waals surface area contributed by atoms with Crippen molar-refractivity contribution in [1.29, 1.82) is 0 Å². The highest BCUT2D eigenvalue weighted by atomic mass is 79.9. The Kier molecular flexibility index (Phi) is 3.59. The third-order valence-corrected chi connectivity index (χ3v) is 3.80. The highest BCUT2D eigenvalue weighted by molar-refractivity contribution is 9.10. The van der Waals surface area contributed by atoms with E-state index >= 15 is 0 Å². The number of nitrogens with zero attached hydrogens (tertiary/aromatic N) is 2. The summed E-state index contributed by atoms with van der Waals surface area (Å²) in [6, 6.07) is 14.6. The van der Waals surface area contributed by atoms with Gasteiger partial charge in [-0.25, -0.2) is 4.98 Å². The van der Waals surface area contributed by atoms with Gasteiger partial charge in [-0.15, -0.1) is 0 Å². The van der Waals surface area contributed by atoms with Gasteiger partial charge in [0.1, 0.15) is 6.33 Å². The second-order valence-corrected chi connectivity index (χ2v) is 5.97. The van der Waals surface area contributed by atoms with Crippen LogP contribution < -0.4 is 5.73 Å². The van der Waals surface area contributed by atoms with Crippen LogP contribution in [-0.2, 0) is 6.42 Å². The van der Waals surface area contributed by atoms with Gasteiger partial charge in [0.25, 0.3) is 0 Å². The smallest absolute Gasteiger partial charge is 0.100 e. The molecule has 2 N–H and O–H groups in total. The zero-order chi connectivity index (χ0) is 14.1. The third-order valence-electron chi connectivity index (χ3n) is 3.30. The molecule has 0 bridgehead atoms. The molecule has 0 fully saturated rings. The summed E-state index contributed by atoms with van der Waals surface area (Å²) in [5.41, 5.74) is 10.4. The normalized spacial score (nSPS) is 12.8. The van der Waals surface area contributed by atoms with E-state index < -0.39 is 0 Å². The van der Waals surface area contributed by atoms with Crippen molar-refractivity contribution in [2.45, 2.75) is 19.4 Å². The summed E-state index contributed by atoms with van der Waals surface area (Å²) < 4.78 is 3.18. The largest absolute Gasteiger partial charge is 0.328 e. The molecule has 1 unspecified atom stereocenters. The Bertz CT molecular complexity index is 746. The molecule has 1 aromatic heterocycles. The molecule has 0 aliphatic carbocycles. The Balaban J connectivity index is 2.20. The molecule has 0 aliphatic rings. The fourth-order valence-corrected chi connectivity index (χ4v) is 2.78. The molecule has 0 radical (unpaired) electrons. The van der Waals surface area contributed by atoms with Gasteiger partial charge in [-0.1, -0.05) is 34.1 Å². The first-order valence-electron chi connectivity index (χ1n) is 6.61. The molecule has 4 heteroatoms. The minimum absolute atomic E-state index is 0.129. The fraction of sp³-hybridized carbons (Fsp3) is 0.188. The van der Waals surface area contributed by atoms with Crippen molar-refractivity contribution in [3.63, 3.8) is 0 Å². The zero-order valence-electron chi connectivity index (χ0n) is 11.3. The van der Waals surface area contributed by atoms with Gasteiger partial charge in [-0.2, -0.15) is 0 Å². The van der Waals surface area contributed by atoms with Gasteiger partial charge < -0.3 is 5.73 Å². The van der Waals surface area contributed by atoms with Gasteiger partial charge in [-0.05, 0) is 43.2 Å². The summed E-state index contributed by atoms with van der Waals surface area (Å²) in [4.78, 5) is 4.46. The quantitative estimate of drug-likeness (QED) is 0.796. The average molecular weight is 330 g/mol. The average Bonchev–Trinajstić information content (AvgIpc) is 2.84. The lowest BCUT2D eigenvalue weighted by molar-refractivity contribution is 0.734. The summed E-state index contributed by atoms with van der Waals surface area (Å²) >= 11 is 3.55. The summed E-state index contributed by atoms with van der Waals surface area (Å²) in [7, 11) is 0. The number of rotatable bonds is 3. The highest BCUT2D eigenvalue weighted by Crippen LogP contribution is 2.25. The summed E-state index contributed by atoms with van der Waals surface area (Å²) in [5, 5.41) is 0. The van der Waals surface area contributed by atoms with E-state index in [4.69, 9.17) is 5.73 Å². The molecule has 0 saturated carbocycles. The number of fused-ring (bicyclic) bond motifs is 1. The van der Waals surface area contributed by atoms with Crippen LogP contribution in [0.25, 0.3) is 16.7 Å².